The summed E-state index contributed by atoms with van der Waals surface area (Å²) in [5.74, 6) is 0. The predicted molar refractivity (Wildman–Crippen MR) is 34.9 cm³/mol. The molecule has 8 heavy (non-hydrogen) atoms. The topological polar surface area (TPSA) is 23.1 Å². The minimum Gasteiger partial charge on any atom is -0.628 e. The molecule has 0 aromatic heterocycles. The fourth-order valence-electron chi connectivity index (χ4n) is 0.270. The number of hydrogen-bond donors (Lipinski definition) is 0. The second kappa shape index (κ2) is 2.29. The summed E-state index contributed by atoms with van der Waals surface area (Å²) in [4.78, 5) is 0. The van der Waals surface area contributed by atoms with Gasteiger partial charge in [0, 0.05) is 6.92 Å². The summed E-state index contributed by atoms with van der Waals surface area (Å²) in [5.41, 5.74) is 0.660. The predicted octanol–water partition coefficient (Wildman–Crippen LogP) is 1.48. The Kier molecular flexibility index (Phi) is 2.19. The number of allylic oxidation sites excluding steroid dienone is 1. The monoisotopic (exact) mass is 115 g/mol. The van der Waals surface area contributed by atoms with E-state index in [1.54, 1.807) is 14.0 Å². The van der Waals surface area contributed by atoms with Gasteiger partial charge in [0.1, 0.15) is 0 Å². The molecule has 0 N–H and O–H groups in total. The first-order valence-corrected chi connectivity index (χ1v) is 2.73. The summed E-state index contributed by atoms with van der Waals surface area (Å²) in [6.45, 7) is 7.72. The van der Waals surface area contributed by atoms with Crippen molar-refractivity contribution in [3.63, 3.8) is 0 Å². The molecule has 0 amide bonds. The van der Waals surface area contributed by atoms with E-state index in [4.69, 9.17) is 0 Å². The summed E-state index contributed by atoms with van der Waals surface area (Å²) in [7, 11) is 1.60. The highest BCUT2D eigenvalue weighted by Gasteiger charge is 2.05. The third-order valence-corrected chi connectivity index (χ3v) is 1.41. The molecule has 0 aliphatic rings. The van der Waals surface area contributed by atoms with Gasteiger partial charge in [-0.3, -0.25) is 0 Å². The van der Waals surface area contributed by atoms with E-state index >= 15 is 0 Å². The highest BCUT2D eigenvalue weighted by Crippen LogP contribution is 2.06. The lowest BCUT2D eigenvalue weighted by Gasteiger charge is -2.36. The van der Waals surface area contributed by atoms with Crippen LogP contribution in [0.3, 0.4) is 0 Å². The summed E-state index contributed by atoms with van der Waals surface area (Å²) in [5, 5.41) is 11.0. The van der Waals surface area contributed by atoms with Gasteiger partial charge in [-0.2, -0.15) is 0 Å². The van der Waals surface area contributed by atoms with E-state index in [2.05, 4.69) is 6.58 Å². The van der Waals surface area contributed by atoms with Crippen LogP contribution in [0.25, 0.3) is 0 Å². The van der Waals surface area contributed by atoms with Crippen molar-refractivity contribution < 1.29 is 4.65 Å². The fourth-order valence-corrected chi connectivity index (χ4v) is 0.270. The normalized spacial score (nSPS) is 17.5. The number of hydroxylamine groups is 3. The SMILES string of the molecule is C=C(C)[N+](C)([O-])CC. The van der Waals surface area contributed by atoms with Gasteiger partial charge < -0.3 is 9.85 Å². The molecule has 0 spiro atoms. The molecule has 0 aliphatic carbocycles. The van der Waals surface area contributed by atoms with Crippen molar-refractivity contribution in [3.05, 3.63) is 17.5 Å². The number of quaternary nitrogens is 1. The maximum Gasteiger partial charge on any atom is 0.0981 e. The van der Waals surface area contributed by atoms with Crippen molar-refractivity contribution in [1.82, 2.24) is 0 Å². The first kappa shape index (κ1) is 7.66. The van der Waals surface area contributed by atoms with Gasteiger partial charge in [0.25, 0.3) is 0 Å². The molecule has 0 aromatic carbocycles. The van der Waals surface area contributed by atoms with Gasteiger partial charge in [-0.1, -0.05) is 0 Å². The Balaban J connectivity index is 3.91. The molecule has 0 saturated heterocycles. The number of nitrogens with zero attached hydrogens (tertiary/aromatic N) is 1. The van der Waals surface area contributed by atoms with Gasteiger partial charge >= 0.3 is 0 Å². The molecule has 0 saturated carbocycles. The van der Waals surface area contributed by atoms with Crippen molar-refractivity contribution in [2.45, 2.75) is 13.8 Å². The van der Waals surface area contributed by atoms with Crippen LogP contribution in [-0.4, -0.2) is 18.2 Å². The van der Waals surface area contributed by atoms with Crippen LogP contribution in [-0.2, 0) is 0 Å². The molecule has 2 nitrogen and oxygen atoms in total. The first-order chi connectivity index (χ1) is 3.50. The summed E-state index contributed by atoms with van der Waals surface area (Å²) >= 11 is 0. The van der Waals surface area contributed by atoms with E-state index in [9.17, 15) is 5.21 Å². The third kappa shape index (κ3) is 1.64. The molecular formula is C6H13NO. The molecule has 0 radical (unpaired) electrons. The number of hydrogen-bond acceptors (Lipinski definition) is 1. The van der Waals surface area contributed by atoms with Gasteiger partial charge in [0.05, 0.1) is 19.3 Å². The lowest BCUT2D eigenvalue weighted by molar-refractivity contribution is -0.819. The Morgan fingerprint density at radius 2 is 2.12 bits per heavy atom. The molecule has 0 bridgehead atoms. The molecule has 0 aliphatic heterocycles. The Hall–Kier alpha value is -0.340. The van der Waals surface area contributed by atoms with Crippen LogP contribution in [0.15, 0.2) is 12.3 Å². The molecule has 0 aromatic rings. The van der Waals surface area contributed by atoms with E-state index in [-0.39, 0.29) is 4.65 Å². The average molecular weight is 115 g/mol. The molecule has 2 heteroatoms. The molecule has 1 atom stereocenters. The van der Waals surface area contributed by atoms with E-state index in [1.807, 2.05) is 6.92 Å². The lowest BCUT2D eigenvalue weighted by Crippen LogP contribution is -2.34. The quantitative estimate of drug-likeness (QED) is 0.395. The largest absolute Gasteiger partial charge is 0.628 e. The standard InChI is InChI=1S/C6H13NO/c1-5-7(4,8)6(2)3/h2,5H2,1,3-4H3. The van der Waals surface area contributed by atoms with Crippen molar-refractivity contribution in [3.8, 4) is 0 Å². The van der Waals surface area contributed by atoms with E-state index in [0.717, 1.165) is 0 Å². The van der Waals surface area contributed by atoms with E-state index in [1.165, 1.54) is 0 Å². The van der Waals surface area contributed by atoms with Gasteiger partial charge in [-0.05, 0) is 13.5 Å². The maximum atomic E-state index is 11.0. The summed E-state index contributed by atoms with van der Waals surface area (Å²) in [6, 6.07) is 0. The van der Waals surface area contributed by atoms with Crippen LogP contribution >= 0.6 is 0 Å². The highest BCUT2D eigenvalue weighted by molar-refractivity contribution is 4.75. The van der Waals surface area contributed by atoms with Gasteiger partial charge in [0.15, 0.2) is 0 Å². The Bertz CT molecular complexity index is 96.7. The second-order valence-corrected chi connectivity index (χ2v) is 2.15. The zero-order valence-electron chi connectivity index (χ0n) is 5.77. The van der Waals surface area contributed by atoms with E-state index in [0.29, 0.717) is 12.2 Å². The molecule has 0 heterocycles. The molecule has 0 fully saturated rings. The van der Waals surface area contributed by atoms with E-state index < -0.39 is 0 Å². The van der Waals surface area contributed by atoms with Crippen molar-refractivity contribution in [1.29, 1.82) is 0 Å². The van der Waals surface area contributed by atoms with Crippen LogP contribution in [0.2, 0.25) is 0 Å². The lowest BCUT2D eigenvalue weighted by atomic mass is 10.4. The van der Waals surface area contributed by atoms with Gasteiger partial charge in [0.2, 0.25) is 0 Å². The minimum absolute atomic E-state index is 0.319. The van der Waals surface area contributed by atoms with Gasteiger partial charge in [-0.15, -0.1) is 0 Å². The smallest absolute Gasteiger partial charge is 0.0981 e. The first-order valence-electron chi connectivity index (χ1n) is 2.73. The molecule has 1 unspecified atom stereocenters. The molecule has 0 rings (SSSR count). The highest BCUT2D eigenvalue weighted by atomic mass is 16.5. The van der Waals surface area contributed by atoms with Crippen molar-refractivity contribution in [2.75, 3.05) is 13.6 Å². The Morgan fingerprint density at radius 1 is 1.75 bits per heavy atom. The Labute approximate surface area is 50.6 Å². The average Bonchev–Trinajstić information content (AvgIpc) is 1.67. The third-order valence-electron chi connectivity index (χ3n) is 1.41. The number of rotatable bonds is 2. The van der Waals surface area contributed by atoms with Crippen LogP contribution in [0.1, 0.15) is 13.8 Å². The summed E-state index contributed by atoms with van der Waals surface area (Å²) in [6.07, 6.45) is 0. The summed E-state index contributed by atoms with van der Waals surface area (Å²) < 4.78 is -0.319. The van der Waals surface area contributed by atoms with Crippen LogP contribution in [0.5, 0.6) is 0 Å². The Morgan fingerprint density at radius 3 is 2.12 bits per heavy atom. The second-order valence-electron chi connectivity index (χ2n) is 2.15. The molecule has 48 valence electrons. The zero-order chi connectivity index (χ0) is 6.78. The van der Waals surface area contributed by atoms with Crippen LogP contribution < -0.4 is 0 Å². The molecular weight excluding hydrogens is 102 g/mol. The van der Waals surface area contributed by atoms with Crippen LogP contribution in [0, 0.1) is 5.21 Å². The maximum absolute atomic E-state index is 11.0. The minimum atomic E-state index is -0.319. The van der Waals surface area contributed by atoms with Crippen LogP contribution in [0.4, 0.5) is 0 Å². The fraction of sp³-hybridized carbons (Fsp3) is 0.667. The van der Waals surface area contributed by atoms with Gasteiger partial charge in [-0.25, -0.2) is 0 Å². The van der Waals surface area contributed by atoms with Crippen molar-refractivity contribution in [2.24, 2.45) is 0 Å². The van der Waals surface area contributed by atoms with Crippen molar-refractivity contribution >= 4 is 0 Å². The zero-order valence-corrected chi connectivity index (χ0v) is 5.77.